The lowest BCUT2D eigenvalue weighted by Gasteiger charge is -2.31. The minimum atomic E-state index is -0.217. The van der Waals surface area contributed by atoms with Crippen LogP contribution in [-0.4, -0.2) is 30.1 Å². The second-order valence-electron chi connectivity index (χ2n) is 6.37. The molecule has 1 saturated heterocycles. The third-order valence-corrected chi connectivity index (χ3v) is 4.67. The quantitative estimate of drug-likeness (QED) is 0.767. The summed E-state index contributed by atoms with van der Waals surface area (Å²) in [6, 6.07) is 15.5. The van der Waals surface area contributed by atoms with E-state index in [1.807, 2.05) is 43.3 Å². The van der Waals surface area contributed by atoms with Crippen molar-refractivity contribution in [3.63, 3.8) is 0 Å². The summed E-state index contributed by atoms with van der Waals surface area (Å²) in [5.41, 5.74) is 3.03. The normalized spacial score (nSPS) is 16.1. The molecule has 3 rings (SSSR count). The van der Waals surface area contributed by atoms with Crippen LogP contribution in [0.25, 0.3) is 0 Å². The average molecular weight is 344 g/mol. The van der Waals surface area contributed by atoms with Crippen LogP contribution in [0, 0.1) is 6.92 Å². The molecule has 2 aromatic carbocycles. The number of carbonyl (C=O) groups excluding carboxylic acids is 1. The second-order valence-corrected chi connectivity index (χ2v) is 6.81. The Labute approximate surface area is 148 Å². The Morgan fingerprint density at radius 3 is 2.33 bits per heavy atom. The number of rotatable bonds is 4. The SMILES string of the molecule is Cc1ccc(C(=O)OC2CCN(Cc3ccc(Cl)cc3)CC2)cc1. The molecular formula is C20H22ClNO2. The van der Waals surface area contributed by atoms with Crippen molar-refractivity contribution in [2.24, 2.45) is 0 Å². The van der Waals surface area contributed by atoms with E-state index in [1.165, 1.54) is 5.56 Å². The first-order chi connectivity index (χ1) is 11.6. The molecule has 0 aromatic heterocycles. The molecule has 0 radical (unpaired) electrons. The fourth-order valence-corrected chi connectivity index (χ4v) is 3.07. The van der Waals surface area contributed by atoms with Gasteiger partial charge in [0.2, 0.25) is 0 Å². The largest absolute Gasteiger partial charge is 0.459 e. The summed E-state index contributed by atoms with van der Waals surface area (Å²) < 4.78 is 5.65. The zero-order chi connectivity index (χ0) is 16.9. The van der Waals surface area contributed by atoms with Crippen LogP contribution in [0.2, 0.25) is 5.02 Å². The topological polar surface area (TPSA) is 29.5 Å². The van der Waals surface area contributed by atoms with Gasteiger partial charge in [0.25, 0.3) is 0 Å². The van der Waals surface area contributed by atoms with E-state index in [0.29, 0.717) is 5.56 Å². The van der Waals surface area contributed by atoms with Crippen molar-refractivity contribution in [3.05, 3.63) is 70.2 Å². The second kappa shape index (κ2) is 7.82. The third-order valence-electron chi connectivity index (χ3n) is 4.42. The van der Waals surface area contributed by atoms with Crippen LogP contribution in [0.15, 0.2) is 48.5 Å². The molecule has 0 unspecified atom stereocenters. The van der Waals surface area contributed by atoms with Gasteiger partial charge in [-0.1, -0.05) is 41.4 Å². The van der Waals surface area contributed by atoms with Gasteiger partial charge in [0, 0.05) is 24.7 Å². The number of aryl methyl sites for hydroxylation is 1. The standard InChI is InChI=1S/C20H22ClNO2/c1-15-2-6-17(7-3-15)20(23)24-19-10-12-22(13-11-19)14-16-4-8-18(21)9-5-16/h2-9,19H,10-14H2,1H3. The first-order valence-corrected chi connectivity index (χ1v) is 8.72. The zero-order valence-electron chi connectivity index (χ0n) is 13.9. The van der Waals surface area contributed by atoms with Gasteiger partial charge in [0.1, 0.15) is 6.10 Å². The Kier molecular flexibility index (Phi) is 5.54. The number of nitrogens with zero attached hydrogens (tertiary/aromatic N) is 1. The summed E-state index contributed by atoms with van der Waals surface area (Å²) in [4.78, 5) is 14.6. The summed E-state index contributed by atoms with van der Waals surface area (Å²) in [6.07, 6.45) is 1.77. The van der Waals surface area contributed by atoms with Crippen molar-refractivity contribution >= 4 is 17.6 Å². The number of likely N-dealkylation sites (tertiary alicyclic amines) is 1. The Morgan fingerprint density at radius 1 is 1.08 bits per heavy atom. The molecule has 0 bridgehead atoms. The van der Waals surface area contributed by atoms with Crippen LogP contribution in [0.1, 0.15) is 34.3 Å². The fourth-order valence-electron chi connectivity index (χ4n) is 2.94. The van der Waals surface area contributed by atoms with Gasteiger partial charge >= 0.3 is 5.97 Å². The van der Waals surface area contributed by atoms with Gasteiger partial charge in [-0.05, 0) is 49.6 Å². The highest BCUT2D eigenvalue weighted by atomic mass is 35.5. The van der Waals surface area contributed by atoms with Crippen molar-refractivity contribution in [2.75, 3.05) is 13.1 Å². The van der Waals surface area contributed by atoms with E-state index in [2.05, 4.69) is 17.0 Å². The zero-order valence-corrected chi connectivity index (χ0v) is 14.6. The summed E-state index contributed by atoms with van der Waals surface area (Å²) in [7, 11) is 0. The van der Waals surface area contributed by atoms with E-state index >= 15 is 0 Å². The van der Waals surface area contributed by atoms with Crippen molar-refractivity contribution in [1.82, 2.24) is 4.90 Å². The molecule has 1 fully saturated rings. The van der Waals surface area contributed by atoms with Crippen molar-refractivity contribution in [1.29, 1.82) is 0 Å². The van der Waals surface area contributed by atoms with Gasteiger partial charge in [0.05, 0.1) is 5.56 Å². The molecule has 0 atom stereocenters. The number of halogens is 1. The highest BCUT2D eigenvalue weighted by molar-refractivity contribution is 6.30. The molecule has 126 valence electrons. The van der Waals surface area contributed by atoms with E-state index in [1.54, 1.807) is 0 Å². The van der Waals surface area contributed by atoms with Gasteiger partial charge < -0.3 is 4.74 Å². The monoisotopic (exact) mass is 343 g/mol. The highest BCUT2D eigenvalue weighted by Gasteiger charge is 2.22. The number of hydrogen-bond donors (Lipinski definition) is 0. The van der Waals surface area contributed by atoms with Crippen LogP contribution >= 0.6 is 11.6 Å². The van der Waals surface area contributed by atoms with E-state index in [4.69, 9.17) is 16.3 Å². The van der Waals surface area contributed by atoms with Gasteiger partial charge in [0.15, 0.2) is 0 Å². The predicted octanol–water partition coefficient (Wildman–Crippen LogP) is 4.47. The molecule has 0 aliphatic carbocycles. The highest BCUT2D eigenvalue weighted by Crippen LogP contribution is 2.19. The van der Waals surface area contributed by atoms with Gasteiger partial charge in [-0.2, -0.15) is 0 Å². The predicted molar refractivity (Wildman–Crippen MR) is 96.3 cm³/mol. The first kappa shape index (κ1) is 17.0. The minimum Gasteiger partial charge on any atom is -0.459 e. The summed E-state index contributed by atoms with van der Waals surface area (Å²) >= 11 is 5.92. The number of esters is 1. The van der Waals surface area contributed by atoms with Gasteiger partial charge in [-0.3, -0.25) is 4.90 Å². The summed E-state index contributed by atoms with van der Waals surface area (Å²) in [6.45, 7) is 4.80. The Morgan fingerprint density at radius 2 is 1.71 bits per heavy atom. The molecule has 1 aliphatic heterocycles. The fraction of sp³-hybridized carbons (Fsp3) is 0.350. The molecule has 0 amide bonds. The lowest BCUT2D eigenvalue weighted by Crippen LogP contribution is -2.37. The van der Waals surface area contributed by atoms with Crippen molar-refractivity contribution in [2.45, 2.75) is 32.4 Å². The number of hydrogen-bond acceptors (Lipinski definition) is 3. The Bertz CT molecular complexity index is 674. The molecule has 0 spiro atoms. The maximum absolute atomic E-state index is 12.2. The average Bonchev–Trinajstić information content (AvgIpc) is 2.59. The molecule has 4 heteroatoms. The lowest BCUT2D eigenvalue weighted by molar-refractivity contribution is 0.0104. The molecule has 0 N–H and O–H groups in total. The number of piperidine rings is 1. The smallest absolute Gasteiger partial charge is 0.338 e. The molecule has 1 aliphatic rings. The Hall–Kier alpha value is -1.84. The lowest BCUT2D eigenvalue weighted by atomic mass is 10.1. The molecular weight excluding hydrogens is 322 g/mol. The van der Waals surface area contributed by atoms with Crippen LogP contribution in [0.4, 0.5) is 0 Å². The maximum atomic E-state index is 12.2. The number of benzene rings is 2. The molecule has 3 nitrogen and oxygen atoms in total. The number of ether oxygens (including phenoxy) is 1. The minimum absolute atomic E-state index is 0.0141. The van der Waals surface area contributed by atoms with Crippen LogP contribution in [-0.2, 0) is 11.3 Å². The van der Waals surface area contributed by atoms with E-state index in [9.17, 15) is 4.79 Å². The van der Waals surface area contributed by atoms with Crippen LogP contribution < -0.4 is 0 Å². The van der Waals surface area contributed by atoms with Gasteiger partial charge in [-0.25, -0.2) is 4.79 Å². The molecule has 24 heavy (non-hydrogen) atoms. The van der Waals surface area contributed by atoms with E-state index in [-0.39, 0.29) is 12.1 Å². The van der Waals surface area contributed by atoms with Crippen LogP contribution in [0.3, 0.4) is 0 Å². The van der Waals surface area contributed by atoms with Crippen molar-refractivity contribution in [3.8, 4) is 0 Å². The van der Waals surface area contributed by atoms with Crippen LogP contribution in [0.5, 0.6) is 0 Å². The molecule has 2 aromatic rings. The molecule has 1 heterocycles. The molecule has 0 saturated carbocycles. The Balaban J connectivity index is 1.47. The summed E-state index contributed by atoms with van der Waals surface area (Å²) in [5, 5.41) is 0.764. The van der Waals surface area contributed by atoms with E-state index < -0.39 is 0 Å². The van der Waals surface area contributed by atoms with Gasteiger partial charge in [-0.15, -0.1) is 0 Å². The first-order valence-electron chi connectivity index (χ1n) is 8.34. The maximum Gasteiger partial charge on any atom is 0.338 e. The van der Waals surface area contributed by atoms with E-state index in [0.717, 1.165) is 43.1 Å². The summed E-state index contributed by atoms with van der Waals surface area (Å²) in [5.74, 6) is -0.217. The van der Waals surface area contributed by atoms with Crippen molar-refractivity contribution < 1.29 is 9.53 Å². The third kappa shape index (κ3) is 4.59. The number of carbonyl (C=O) groups is 1.